The van der Waals surface area contributed by atoms with Gasteiger partial charge in [-0.2, -0.15) is 5.10 Å². The molecule has 0 aliphatic carbocycles. The Balaban J connectivity index is 1.39. The van der Waals surface area contributed by atoms with Crippen LogP contribution < -0.4 is 10.2 Å². The van der Waals surface area contributed by atoms with Crippen LogP contribution in [0.4, 0.5) is 11.5 Å². The Morgan fingerprint density at radius 1 is 1.17 bits per heavy atom. The van der Waals surface area contributed by atoms with Gasteiger partial charge in [-0.15, -0.1) is 0 Å². The fourth-order valence-corrected chi connectivity index (χ4v) is 3.51. The summed E-state index contributed by atoms with van der Waals surface area (Å²) in [7, 11) is 0. The van der Waals surface area contributed by atoms with Gasteiger partial charge >= 0.3 is 0 Å². The average molecular weight is 389 g/mol. The number of fused-ring (bicyclic) bond motifs is 1. The number of aromatic nitrogens is 3. The lowest BCUT2D eigenvalue weighted by molar-refractivity contribution is -0.118. The van der Waals surface area contributed by atoms with Crippen molar-refractivity contribution in [2.24, 2.45) is 0 Å². The van der Waals surface area contributed by atoms with Crippen molar-refractivity contribution in [2.75, 3.05) is 16.8 Å². The van der Waals surface area contributed by atoms with Crippen molar-refractivity contribution in [2.45, 2.75) is 32.7 Å². The number of carbonyl (C=O) groups is 2. The van der Waals surface area contributed by atoms with Crippen LogP contribution in [0.3, 0.4) is 0 Å². The normalized spacial score (nSPS) is 12.7. The number of hydrogen-bond acceptors (Lipinski definition) is 4. The number of benzene rings is 1. The number of aryl methyl sites for hydroxylation is 2. The zero-order valence-corrected chi connectivity index (χ0v) is 16.3. The van der Waals surface area contributed by atoms with Crippen molar-refractivity contribution in [1.29, 1.82) is 0 Å². The lowest BCUT2D eigenvalue weighted by Crippen LogP contribution is -2.27. The van der Waals surface area contributed by atoms with Crippen LogP contribution in [0.1, 0.15) is 35.0 Å². The first-order valence-electron chi connectivity index (χ1n) is 9.82. The quantitative estimate of drug-likeness (QED) is 0.703. The molecule has 0 radical (unpaired) electrons. The maximum atomic E-state index is 12.6. The van der Waals surface area contributed by atoms with Crippen LogP contribution in [0.2, 0.25) is 0 Å². The number of nitrogens with one attached hydrogen (secondary N) is 1. The van der Waals surface area contributed by atoms with Gasteiger partial charge in [0, 0.05) is 61.3 Å². The van der Waals surface area contributed by atoms with Crippen molar-refractivity contribution < 1.29 is 9.59 Å². The van der Waals surface area contributed by atoms with E-state index < -0.39 is 0 Å². The first-order valence-corrected chi connectivity index (χ1v) is 9.82. The monoisotopic (exact) mass is 389 g/mol. The number of hydrogen-bond donors (Lipinski definition) is 1. The second kappa shape index (κ2) is 8.26. The number of rotatable bonds is 6. The van der Waals surface area contributed by atoms with E-state index in [1.54, 1.807) is 27.9 Å². The van der Waals surface area contributed by atoms with E-state index >= 15 is 0 Å². The third kappa shape index (κ3) is 4.18. The lowest BCUT2D eigenvalue weighted by Gasteiger charge is -2.16. The molecule has 0 bridgehead atoms. The molecule has 2 aromatic heterocycles. The Kier molecular flexibility index (Phi) is 5.37. The fourth-order valence-electron chi connectivity index (χ4n) is 3.51. The van der Waals surface area contributed by atoms with E-state index in [-0.39, 0.29) is 11.8 Å². The predicted octanol–water partition coefficient (Wildman–Crippen LogP) is 3.07. The van der Waals surface area contributed by atoms with Gasteiger partial charge in [0.25, 0.3) is 5.91 Å². The summed E-state index contributed by atoms with van der Waals surface area (Å²) in [6, 6.07) is 13.1. The Morgan fingerprint density at radius 3 is 2.86 bits per heavy atom. The zero-order valence-electron chi connectivity index (χ0n) is 16.3. The molecule has 4 rings (SSSR count). The molecule has 7 heteroatoms. The Bertz CT molecular complexity index is 1030. The third-order valence-electron chi connectivity index (χ3n) is 5.05. The Labute approximate surface area is 169 Å². The predicted molar refractivity (Wildman–Crippen MR) is 111 cm³/mol. The molecule has 1 N–H and O–H groups in total. The van der Waals surface area contributed by atoms with Gasteiger partial charge in [-0.25, -0.2) is 0 Å². The van der Waals surface area contributed by atoms with Crippen LogP contribution >= 0.6 is 0 Å². The molecule has 3 aromatic rings. The smallest absolute Gasteiger partial charge is 0.256 e. The maximum Gasteiger partial charge on any atom is 0.256 e. The minimum atomic E-state index is -0.206. The molecule has 0 spiro atoms. The summed E-state index contributed by atoms with van der Waals surface area (Å²) in [4.78, 5) is 30.7. The second-order valence-corrected chi connectivity index (χ2v) is 6.98. The number of nitrogens with zero attached hydrogens (tertiary/aromatic N) is 4. The standard InChI is InChI=1S/C22H23N5O2/c1-2-21(28)27-14-8-16-15-17(6-7-19(16)27)22(29)24-20-10-13-26(25-20)12-9-18-5-3-4-11-23-18/h3-7,10-11,13,15H,2,8-9,12,14H2,1H3,(H,24,25,29). The molecule has 0 fully saturated rings. The minimum absolute atomic E-state index is 0.109. The van der Waals surface area contributed by atoms with Gasteiger partial charge in [-0.1, -0.05) is 13.0 Å². The summed E-state index contributed by atoms with van der Waals surface area (Å²) in [5.41, 5.74) is 3.51. The number of pyridine rings is 1. The third-order valence-corrected chi connectivity index (χ3v) is 5.05. The van der Waals surface area contributed by atoms with Gasteiger partial charge in [0.2, 0.25) is 5.91 Å². The average Bonchev–Trinajstić information content (AvgIpc) is 3.38. The van der Waals surface area contributed by atoms with Gasteiger partial charge in [0.05, 0.1) is 0 Å². The van der Waals surface area contributed by atoms with E-state index in [1.165, 1.54) is 0 Å². The van der Waals surface area contributed by atoms with Gasteiger partial charge in [-0.05, 0) is 42.3 Å². The lowest BCUT2D eigenvalue weighted by atomic mass is 10.1. The molecule has 2 amide bonds. The number of anilines is 2. The highest BCUT2D eigenvalue weighted by molar-refractivity contribution is 6.05. The van der Waals surface area contributed by atoms with Crippen LogP contribution in [0, 0.1) is 0 Å². The van der Waals surface area contributed by atoms with E-state index in [0.29, 0.717) is 30.9 Å². The molecule has 3 heterocycles. The second-order valence-electron chi connectivity index (χ2n) is 6.98. The minimum Gasteiger partial charge on any atom is -0.312 e. The molecule has 29 heavy (non-hydrogen) atoms. The van der Waals surface area contributed by atoms with Crippen molar-refractivity contribution in [1.82, 2.24) is 14.8 Å². The summed E-state index contributed by atoms with van der Waals surface area (Å²) in [6.07, 6.45) is 5.64. The summed E-state index contributed by atoms with van der Waals surface area (Å²) in [6.45, 7) is 3.22. The van der Waals surface area contributed by atoms with E-state index in [0.717, 1.165) is 29.8 Å². The summed E-state index contributed by atoms with van der Waals surface area (Å²) in [5.74, 6) is 0.416. The van der Waals surface area contributed by atoms with Crippen molar-refractivity contribution in [3.05, 3.63) is 71.7 Å². The highest BCUT2D eigenvalue weighted by atomic mass is 16.2. The van der Waals surface area contributed by atoms with Gasteiger partial charge < -0.3 is 10.2 Å². The van der Waals surface area contributed by atoms with Crippen LogP contribution in [0.5, 0.6) is 0 Å². The molecule has 0 unspecified atom stereocenters. The SMILES string of the molecule is CCC(=O)N1CCc2cc(C(=O)Nc3ccn(CCc4ccccn4)n3)ccc21. The topological polar surface area (TPSA) is 80.1 Å². The molecule has 148 valence electrons. The molecule has 0 saturated heterocycles. The maximum absolute atomic E-state index is 12.6. The van der Waals surface area contributed by atoms with Crippen molar-refractivity contribution in [3.8, 4) is 0 Å². The van der Waals surface area contributed by atoms with E-state index in [9.17, 15) is 9.59 Å². The summed E-state index contributed by atoms with van der Waals surface area (Å²) >= 11 is 0. The summed E-state index contributed by atoms with van der Waals surface area (Å²) in [5, 5.41) is 7.26. The zero-order chi connectivity index (χ0) is 20.2. The largest absolute Gasteiger partial charge is 0.312 e. The van der Waals surface area contributed by atoms with Gasteiger partial charge in [-0.3, -0.25) is 19.3 Å². The Morgan fingerprint density at radius 2 is 2.07 bits per heavy atom. The molecular weight excluding hydrogens is 366 g/mol. The summed E-state index contributed by atoms with van der Waals surface area (Å²) < 4.78 is 1.79. The number of amides is 2. The number of carbonyl (C=O) groups excluding carboxylic acids is 2. The first kappa shape index (κ1) is 18.9. The Hall–Kier alpha value is -3.48. The molecule has 0 atom stereocenters. The molecule has 1 aliphatic heterocycles. The molecule has 0 saturated carbocycles. The van der Waals surface area contributed by atoms with Crippen molar-refractivity contribution >= 4 is 23.3 Å². The molecule has 1 aliphatic rings. The van der Waals surface area contributed by atoms with E-state index in [1.807, 2.05) is 43.5 Å². The van der Waals surface area contributed by atoms with Gasteiger partial charge in [0.1, 0.15) is 0 Å². The highest BCUT2D eigenvalue weighted by Gasteiger charge is 2.24. The fraction of sp³-hybridized carbons (Fsp3) is 0.273. The van der Waals surface area contributed by atoms with E-state index in [4.69, 9.17) is 0 Å². The molecule has 7 nitrogen and oxygen atoms in total. The van der Waals surface area contributed by atoms with Crippen molar-refractivity contribution in [3.63, 3.8) is 0 Å². The van der Waals surface area contributed by atoms with Gasteiger partial charge in [0.15, 0.2) is 5.82 Å². The van der Waals surface area contributed by atoms with Crippen LogP contribution in [0.15, 0.2) is 54.9 Å². The van der Waals surface area contributed by atoms with Crippen LogP contribution in [0.25, 0.3) is 0 Å². The molecular formula is C22H23N5O2. The first-order chi connectivity index (χ1) is 14.1. The van der Waals surface area contributed by atoms with Crippen LogP contribution in [-0.2, 0) is 24.2 Å². The molecule has 1 aromatic carbocycles. The van der Waals surface area contributed by atoms with Crippen LogP contribution in [-0.4, -0.2) is 33.1 Å². The highest BCUT2D eigenvalue weighted by Crippen LogP contribution is 2.29. The van der Waals surface area contributed by atoms with E-state index in [2.05, 4.69) is 15.4 Å².